The standard InChI is InChI=1S/C13H16ClN5O/c1-3-15-12-11(14)4-9(5-16-12)13(20)17-6-10-7-18-19-8(10)2/h4-5,7H,3,6H2,1-2H3,(H,15,16)(H,17,20)(H,18,19). The molecule has 0 aliphatic heterocycles. The Kier molecular flexibility index (Phi) is 4.57. The Morgan fingerprint density at radius 3 is 2.85 bits per heavy atom. The van der Waals surface area contributed by atoms with Crippen molar-refractivity contribution in [3.63, 3.8) is 0 Å². The van der Waals surface area contributed by atoms with E-state index in [4.69, 9.17) is 11.6 Å². The molecule has 6 nitrogen and oxygen atoms in total. The van der Waals surface area contributed by atoms with Gasteiger partial charge in [-0.3, -0.25) is 9.89 Å². The van der Waals surface area contributed by atoms with Crippen molar-refractivity contribution < 1.29 is 4.79 Å². The largest absolute Gasteiger partial charge is 0.369 e. The summed E-state index contributed by atoms with van der Waals surface area (Å²) in [6, 6.07) is 1.60. The molecule has 0 radical (unpaired) electrons. The van der Waals surface area contributed by atoms with Gasteiger partial charge in [0, 0.05) is 30.5 Å². The second kappa shape index (κ2) is 6.38. The fraction of sp³-hybridized carbons (Fsp3) is 0.308. The molecule has 0 aliphatic rings. The van der Waals surface area contributed by atoms with Crippen molar-refractivity contribution in [2.75, 3.05) is 11.9 Å². The van der Waals surface area contributed by atoms with Crippen LogP contribution in [0, 0.1) is 6.92 Å². The van der Waals surface area contributed by atoms with E-state index in [0.717, 1.165) is 17.8 Å². The first-order valence-electron chi connectivity index (χ1n) is 6.28. The molecule has 2 rings (SSSR count). The minimum Gasteiger partial charge on any atom is -0.369 e. The Hall–Kier alpha value is -2.08. The van der Waals surface area contributed by atoms with Gasteiger partial charge in [0.2, 0.25) is 0 Å². The normalized spacial score (nSPS) is 10.3. The van der Waals surface area contributed by atoms with Crippen LogP contribution in [0.5, 0.6) is 0 Å². The van der Waals surface area contributed by atoms with Gasteiger partial charge in [-0.1, -0.05) is 11.6 Å². The number of halogens is 1. The molecule has 0 unspecified atom stereocenters. The molecule has 0 aromatic carbocycles. The minimum absolute atomic E-state index is 0.219. The average Bonchev–Trinajstić information content (AvgIpc) is 2.84. The Morgan fingerprint density at radius 2 is 2.25 bits per heavy atom. The van der Waals surface area contributed by atoms with Crippen molar-refractivity contribution in [3.05, 3.63) is 40.3 Å². The average molecular weight is 294 g/mol. The van der Waals surface area contributed by atoms with Crippen molar-refractivity contribution in [2.45, 2.75) is 20.4 Å². The summed E-state index contributed by atoms with van der Waals surface area (Å²) < 4.78 is 0. The molecule has 0 saturated heterocycles. The van der Waals surface area contributed by atoms with Crippen LogP contribution in [0.15, 0.2) is 18.5 Å². The van der Waals surface area contributed by atoms with E-state index in [1.54, 1.807) is 12.3 Å². The minimum atomic E-state index is -0.219. The van der Waals surface area contributed by atoms with Gasteiger partial charge in [0.1, 0.15) is 5.82 Å². The van der Waals surface area contributed by atoms with Crippen molar-refractivity contribution in [1.82, 2.24) is 20.5 Å². The maximum Gasteiger partial charge on any atom is 0.253 e. The third-order valence-corrected chi connectivity index (χ3v) is 3.11. The summed E-state index contributed by atoms with van der Waals surface area (Å²) in [5.41, 5.74) is 2.31. The highest BCUT2D eigenvalue weighted by Gasteiger charge is 2.10. The summed E-state index contributed by atoms with van der Waals surface area (Å²) in [5.74, 6) is 0.361. The number of rotatable bonds is 5. The molecule has 0 aliphatic carbocycles. The van der Waals surface area contributed by atoms with Gasteiger partial charge in [0.05, 0.1) is 16.8 Å². The number of pyridine rings is 1. The van der Waals surface area contributed by atoms with Gasteiger partial charge in [-0.15, -0.1) is 0 Å². The fourth-order valence-corrected chi connectivity index (χ4v) is 1.92. The summed E-state index contributed by atoms with van der Waals surface area (Å²) >= 11 is 6.06. The molecular weight excluding hydrogens is 278 g/mol. The molecule has 0 spiro atoms. The van der Waals surface area contributed by atoms with Crippen LogP contribution < -0.4 is 10.6 Å². The molecule has 1 amide bonds. The summed E-state index contributed by atoms with van der Waals surface area (Å²) in [4.78, 5) is 16.1. The maximum absolute atomic E-state index is 12.0. The van der Waals surface area contributed by atoms with E-state index in [1.807, 2.05) is 13.8 Å². The van der Waals surface area contributed by atoms with Gasteiger partial charge in [-0.05, 0) is 19.9 Å². The molecular formula is C13H16ClN5O. The van der Waals surface area contributed by atoms with Gasteiger partial charge >= 0.3 is 0 Å². The molecule has 7 heteroatoms. The summed E-state index contributed by atoms with van der Waals surface area (Å²) in [6.07, 6.45) is 3.19. The third kappa shape index (κ3) is 3.27. The quantitative estimate of drug-likeness (QED) is 0.788. The van der Waals surface area contributed by atoms with Crippen LogP contribution >= 0.6 is 11.6 Å². The predicted molar refractivity (Wildman–Crippen MR) is 77.9 cm³/mol. The highest BCUT2D eigenvalue weighted by Crippen LogP contribution is 2.19. The molecule has 2 aromatic rings. The lowest BCUT2D eigenvalue weighted by atomic mass is 10.2. The highest BCUT2D eigenvalue weighted by atomic mass is 35.5. The van der Waals surface area contributed by atoms with E-state index in [1.165, 1.54) is 6.20 Å². The number of nitrogens with one attached hydrogen (secondary N) is 3. The molecule has 2 aromatic heterocycles. The molecule has 2 heterocycles. The van der Waals surface area contributed by atoms with Crippen LogP contribution in [-0.4, -0.2) is 27.6 Å². The molecule has 0 saturated carbocycles. The maximum atomic E-state index is 12.0. The number of carbonyl (C=O) groups is 1. The number of hydrogen-bond donors (Lipinski definition) is 3. The molecule has 0 fully saturated rings. The second-order valence-electron chi connectivity index (χ2n) is 4.29. The van der Waals surface area contributed by atoms with Crippen LogP contribution in [0.25, 0.3) is 0 Å². The smallest absolute Gasteiger partial charge is 0.253 e. The van der Waals surface area contributed by atoms with Crippen LogP contribution in [0.4, 0.5) is 5.82 Å². The van der Waals surface area contributed by atoms with E-state index < -0.39 is 0 Å². The monoisotopic (exact) mass is 293 g/mol. The van der Waals surface area contributed by atoms with Crippen LogP contribution in [-0.2, 0) is 6.54 Å². The van der Waals surface area contributed by atoms with E-state index in [2.05, 4.69) is 25.8 Å². The summed E-state index contributed by atoms with van der Waals surface area (Å²) in [5, 5.41) is 13.0. The number of nitrogens with zero attached hydrogens (tertiary/aromatic N) is 2. The molecule has 20 heavy (non-hydrogen) atoms. The number of amides is 1. The Labute approximate surface area is 121 Å². The van der Waals surface area contributed by atoms with Crippen molar-refractivity contribution in [2.24, 2.45) is 0 Å². The summed E-state index contributed by atoms with van der Waals surface area (Å²) in [7, 11) is 0. The third-order valence-electron chi connectivity index (χ3n) is 2.82. The molecule has 0 atom stereocenters. The zero-order valence-corrected chi connectivity index (χ0v) is 12.1. The van der Waals surface area contributed by atoms with Crippen molar-refractivity contribution in [3.8, 4) is 0 Å². The van der Waals surface area contributed by atoms with Gasteiger partial charge in [-0.2, -0.15) is 5.10 Å². The number of carbonyl (C=O) groups excluding carboxylic acids is 1. The number of anilines is 1. The van der Waals surface area contributed by atoms with E-state index in [0.29, 0.717) is 22.9 Å². The number of aromatic nitrogens is 3. The van der Waals surface area contributed by atoms with Crippen molar-refractivity contribution >= 4 is 23.3 Å². The lowest BCUT2D eigenvalue weighted by Crippen LogP contribution is -2.23. The second-order valence-corrected chi connectivity index (χ2v) is 4.69. The zero-order chi connectivity index (χ0) is 14.5. The molecule has 106 valence electrons. The van der Waals surface area contributed by atoms with Gasteiger partial charge in [0.15, 0.2) is 0 Å². The van der Waals surface area contributed by atoms with E-state index in [9.17, 15) is 4.79 Å². The number of hydrogen-bond acceptors (Lipinski definition) is 4. The topological polar surface area (TPSA) is 82.7 Å². The Morgan fingerprint density at radius 1 is 1.45 bits per heavy atom. The SMILES string of the molecule is CCNc1ncc(C(=O)NCc2cn[nH]c2C)cc1Cl. The van der Waals surface area contributed by atoms with E-state index >= 15 is 0 Å². The highest BCUT2D eigenvalue weighted by molar-refractivity contribution is 6.33. The first-order valence-corrected chi connectivity index (χ1v) is 6.66. The lowest BCUT2D eigenvalue weighted by molar-refractivity contribution is 0.0950. The number of aryl methyl sites for hydroxylation is 1. The number of aromatic amines is 1. The van der Waals surface area contributed by atoms with Crippen LogP contribution in [0.2, 0.25) is 5.02 Å². The van der Waals surface area contributed by atoms with Gasteiger partial charge < -0.3 is 10.6 Å². The lowest BCUT2D eigenvalue weighted by Gasteiger charge is -2.08. The first-order chi connectivity index (χ1) is 9.61. The summed E-state index contributed by atoms with van der Waals surface area (Å²) in [6.45, 7) is 4.98. The number of H-pyrrole nitrogens is 1. The first kappa shape index (κ1) is 14.3. The Bertz CT molecular complexity index is 611. The molecule has 0 bridgehead atoms. The fourth-order valence-electron chi connectivity index (χ4n) is 1.69. The van der Waals surface area contributed by atoms with Crippen LogP contribution in [0.3, 0.4) is 0 Å². The van der Waals surface area contributed by atoms with Crippen LogP contribution in [0.1, 0.15) is 28.5 Å². The van der Waals surface area contributed by atoms with Gasteiger partial charge in [0.25, 0.3) is 5.91 Å². The van der Waals surface area contributed by atoms with Gasteiger partial charge in [-0.25, -0.2) is 4.98 Å². The zero-order valence-electron chi connectivity index (χ0n) is 11.3. The van der Waals surface area contributed by atoms with E-state index in [-0.39, 0.29) is 5.91 Å². The molecule has 3 N–H and O–H groups in total. The predicted octanol–water partition coefficient (Wildman–Crippen LogP) is 2.13. The van der Waals surface area contributed by atoms with Crippen molar-refractivity contribution in [1.29, 1.82) is 0 Å². The Balaban J connectivity index is 2.02.